The number of carboxylic acids is 1. The smallest absolute Gasteiger partial charge is 0.306 e. The maximum absolute atomic E-state index is 10.8. The topological polar surface area (TPSA) is 76.0 Å². The quantitative estimate of drug-likeness (QED) is 0.755. The zero-order chi connectivity index (χ0) is 15.5. The summed E-state index contributed by atoms with van der Waals surface area (Å²) in [5.41, 5.74) is 0.615. The Labute approximate surface area is 124 Å². The van der Waals surface area contributed by atoms with Crippen LogP contribution in [0.2, 0.25) is 0 Å². The molecule has 0 spiro atoms. The molecule has 0 aliphatic heterocycles. The molecule has 21 heavy (non-hydrogen) atoms. The third-order valence-electron chi connectivity index (χ3n) is 3.87. The Morgan fingerprint density at radius 1 is 1.24 bits per heavy atom. The summed E-state index contributed by atoms with van der Waals surface area (Å²) >= 11 is 0. The summed E-state index contributed by atoms with van der Waals surface area (Å²) in [5.74, 6) is -1.29. The minimum absolute atomic E-state index is 0.266. The van der Waals surface area contributed by atoms with E-state index in [0.29, 0.717) is 13.2 Å². The predicted molar refractivity (Wildman–Crippen MR) is 76.7 cm³/mol. The Morgan fingerprint density at radius 2 is 1.76 bits per heavy atom. The molecule has 116 valence electrons. The summed E-state index contributed by atoms with van der Waals surface area (Å²) in [6.07, 6.45) is 0.126. The molecule has 1 fully saturated rings. The van der Waals surface area contributed by atoms with Crippen molar-refractivity contribution < 1.29 is 24.5 Å². The average molecular weight is 294 g/mol. The second-order valence-electron chi connectivity index (χ2n) is 5.34. The van der Waals surface area contributed by atoms with Gasteiger partial charge in [0.2, 0.25) is 0 Å². The second kappa shape index (κ2) is 6.56. The minimum atomic E-state index is -1.02. The van der Waals surface area contributed by atoms with Gasteiger partial charge in [-0.25, -0.2) is 0 Å². The Kier molecular flexibility index (Phi) is 4.98. The molecule has 0 atom stereocenters. The van der Waals surface area contributed by atoms with Gasteiger partial charge in [0.15, 0.2) is 6.29 Å². The van der Waals surface area contributed by atoms with Crippen LogP contribution >= 0.6 is 0 Å². The first kappa shape index (κ1) is 15.9. The molecular weight excluding hydrogens is 272 g/mol. The van der Waals surface area contributed by atoms with Crippen molar-refractivity contribution in [3.63, 3.8) is 0 Å². The van der Waals surface area contributed by atoms with Gasteiger partial charge < -0.3 is 19.7 Å². The number of carbonyl (C=O) groups is 1. The third-order valence-corrected chi connectivity index (χ3v) is 3.87. The van der Waals surface area contributed by atoms with Gasteiger partial charge in [-0.1, -0.05) is 24.3 Å². The van der Waals surface area contributed by atoms with Gasteiger partial charge in [0.05, 0.1) is 11.5 Å². The first-order valence-electron chi connectivity index (χ1n) is 7.29. The van der Waals surface area contributed by atoms with Crippen LogP contribution in [0.15, 0.2) is 24.3 Å². The van der Waals surface area contributed by atoms with Crippen LogP contribution in [0.5, 0.6) is 0 Å². The molecule has 5 heteroatoms. The van der Waals surface area contributed by atoms with Gasteiger partial charge in [0, 0.05) is 18.8 Å². The van der Waals surface area contributed by atoms with Crippen molar-refractivity contribution in [3.8, 4) is 0 Å². The van der Waals surface area contributed by atoms with E-state index < -0.39 is 23.8 Å². The standard InChI is InChI=1S/C16H22O5/c1-3-20-15(21-4-2)11-5-7-13(8-6-11)16(19)9-12(10-16)14(17)18/h5-8,12,15,19H,3-4,9-10H2,1-2H3,(H,17,18). The molecule has 1 saturated carbocycles. The lowest BCUT2D eigenvalue weighted by atomic mass is 9.67. The van der Waals surface area contributed by atoms with Crippen molar-refractivity contribution in [1.29, 1.82) is 0 Å². The fourth-order valence-corrected chi connectivity index (χ4v) is 2.66. The van der Waals surface area contributed by atoms with Crippen molar-refractivity contribution in [2.45, 2.75) is 38.6 Å². The molecule has 0 radical (unpaired) electrons. The van der Waals surface area contributed by atoms with Crippen molar-refractivity contribution in [3.05, 3.63) is 35.4 Å². The molecule has 2 rings (SSSR count). The number of aliphatic hydroxyl groups is 1. The van der Waals surface area contributed by atoms with Gasteiger partial charge in [0.25, 0.3) is 0 Å². The van der Waals surface area contributed by atoms with Crippen molar-refractivity contribution >= 4 is 5.97 Å². The highest BCUT2D eigenvalue weighted by Crippen LogP contribution is 2.45. The third kappa shape index (κ3) is 3.43. The predicted octanol–water partition coefficient (Wildman–Crippen LogP) is 2.44. The molecule has 0 aromatic heterocycles. The zero-order valence-electron chi connectivity index (χ0n) is 12.4. The molecule has 1 aromatic rings. The van der Waals surface area contributed by atoms with Gasteiger partial charge in [-0.05, 0) is 32.3 Å². The summed E-state index contributed by atoms with van der Waals surface area (Å²) in [5, 5.41) is 19.3. The van der Waals surface area contributed by atoms with Crippen LogP contribution in [0, 0.1) is 5.92 Å². The van der Waals surface area contributed by atoms with E-state index >= 15 is 0 Å². The second-order valence-corrected chi connectivity index (χ2v) is 5.34. The number of benzene rings is 1. The maximum atomic E-state index is 10.8. The van der Waals surface area contributed by atoms with E-state index in [1.807, 2.05) is 38.1 Å². The largest absolute Gasteiger partial charge is 0.481 e. The van der Waals surface area contributed by atoms with Gasteiger partial charge >= 0.3 is 5.97 Å². The van der Waals surface area contributed by atoms with E-state index in [-0.39, 0.29) is 12.8 Å². The van der Waals surface area contributed by atoms with Crippen molar-refractivity contribution in [2.24, 2.45) is 5.92 Å². The summed E-state index contributed by atoms with van der Waals surface area (Å²) in [4.78, 5) is 10.8. The van der Waals surface area contributed by atoms with Gasteiger partial charge in [-0.2, -0.15) is 0 Å². The monoisotopic (exact) mass is 294 g/mol. The summed E-state index contributed by atoms with van der Waals surface area (Å²) in [6.45, 7) is 4.92. The molecule has 0 unspecified atom stereocenters. The van der Waals surface area contributed by atoms with E-state index in [2.05, 4.69) is 0 Å². The molecule has 1 aliphatic carbocycles. The van der Waals surface area contributed by atoms with Gasteiger partial charge in [-0.3, -0.25) is 4.79 Å². The lowest BCUT2D eigenvalue weighted by Gasteiger charge is -2.42. The van der Waals surface area contributed by atoms with Crippen molar-refractivity contribution in [2.75, 3.05) is 13.2 Å². The van der Waals surface area contributed by atoms with Crippen LogP contribution in [0.25, 0.3) is 0 Å². The molecule has 2 N–H and O–H groups in total. The molecule has 0 bridgehead atoms. The van der Waals surface area contributed by atoms with E-state index in [9.17, 15) is 9.90 Å². The normalized spacial score (nSPS) is 24.9. The molecule has 1 aromatic carbocycles. The molecular formula is C16H22O5. The van der Waals surface area contributed by atoms with E-state index in [1.165, 1.54) is 0 Å². The molecule has 0 saturated heterocycles. The SMILES string of the molecule is CCOC(OCC)c1ccc(C2(O)CC(C(=O)O)C2)cc1. The Hall–Kier alpha value is -1.43. The first-order chi connectivity index (χ1) is 10.00. The molecule has 1 aliphatic rings. The molecule has 0 heterocycles. The first-order valence-corrected chi connectivity index (χ1v) is 7.29. The van der Waals surface area contributed by atoms with Crippen LogP contribution in [0.3, 0.4) is 0 Å². The maximum Gasteiger partial charge on any atom is 0.306 e. The molecule has 5 nitrogen and oxygen atoms in total. The van der Waals surface area contributed by atoms with E-state index in [4.69, 9.17) is 14.6 Å². The number of carboxylic acid groups (broad SMARTS) is 1. The van der Waals surface area contributed by atoms with Crippen LogP contribution in [-0.4, -0.2) is 29.4 Å². The van der Waals surface area contributed by atoms with Crippen LogP contribution in [-0.2, 0) is 19.9 Å². The Balaban J connectivity index is 2.07. The van der Waals surface area contributed by atoms with Crippen LogP contribution in [0.4, 0.5) is 0 Å². The lowest BCUT2D eigenvalue weighted by molar-refractivity contribution is -0.159. The van der Waals surface area contributed by atoms with Crippen LogP contribution < -0.4 is 0 Å². The summed E-state index contributed by atoms with van der Waals surface area (Å²) in [6, 6.07) is 7.35. The Morgan fingerprint density at radius 3 is 2.19 bits per heavy atom. The zero-order valence-corrected chi connectivity index (χ0v) is 12.4. The fraction of sp³-hybridized carbons (Fsp3) is 0.562. The summed E-state index contributed by atoms with van der Waals surface area (Å²) < 4.78 is 11.0. The lowest BCUT2D eigenvalue weighted by Crippen LogP contribution is -2.44. The molecule has 0 amide bonds. The number of hydrogen-bond acceptors (Lipinski definition) is 4. The number of hydrogen-bond donors (Lipinski definition) is 2. The number of aliphatic carboxylic acids is 1. The average Bonchev–Trinajstić information content (AvgIpc) is 2.43. The van der Waals surface area contributed by atoms with Crippen LogP contribution in [0.1, 0.15) is 44.1 Å². The fourth-order valence-electron chi connectivity index (χ4n) is 2.66. The summed E-state index contributed by atoms with van der Waals surface area (Å²) in [7, 11) is 0. The minimum Gasteiger partial charge on any atom is -0.481 e. The highest BCUT2D eigenvalue weighted by atomic mass is 16.7. The Bertz CT molecular complexity index is 470. The van der Waals surface area contributed by atoms with E-state index in [0.717, 1.165) is 11.1 Å². The van der Waals surface area contributed by atoms with Gasteiger partial charge in [-0.15, -0.1) is 0 Å². The van der Waals surface area contributed by atoms with E-state index in [1.54, 1.807) is 0 Å². The number of ether oxygens (including phenoxy) is 2. The van der Waals surface area contributed by atoms with Crippen molar-refractivity contribution in [1.82, 2.24) is 0 Å². The number of rotatable bonds is 7. The van der Waals surface area contributed by atoms with Gasteiger partial charge in [0.1, 0.15) is 0 Å². The highest BCUT2D eigenvalue weighted by molar-refractivity contribution is 5.71. The highest BCUT2D eigenvalue weighted by Gasteiger charge is 2.47.